The van der Waals surface area contributed by atoms with E-state index in [1.165, 1.54) is 19.1 Å². The summed E-state index contributed by atoms with van der Waals surface area (Å²) in [6, 6.07) is 11.0. The maximum atomic E-state index is 12.6. The topological polar surface area (TPSA) is 165 Å². The number of nitro groups is 1. The average Bonchev–Trinajstić information content (AvgIpc) is 2.80. The second-order valence-electron chi connectivity index (χ2n) is 7.09. The Kier molecular flexibility index (Phi) is 8.98. The van der Waals surface area contributed by atoms with Crippen LogP contribution in [0.4, 0.5) is 10.5 Å². The van der Waals surface area contributed by atoms with Crippen molar-refractivity contribution in [2.45, 2.75) is 26.0 Å². The predicted molar refractivity (Wildman–Crippen MR) is 119 cm³/mol. The monoisotopic (exact) mass is 479 g/mol. The lowest BCUT2D eigenvalue weighted by Gasteiger charge is -2.17. The first-order valence-corrected chi connectivity index (χ1v) is 11.6. The predicted octanol–water partition coefficient (Wildman–Crippen LogP) is 2.73. The molecule has 0 unspecified atom stereocenters. The third kappa shape index (κ3) is 7.31. The molecule has 3 N–H and O–H groups in total. The molecule has 0 radical (unpaired) electrons. The number of ether oxygens (including phenoxy) is 2. The number of rotatable bonds is 10. The van der Waals surface area contributed by atoms with Crippen LogP contribution in [0.1, 0.15) is 27.9 Å². The molecule has 2 aromatic rings. The normalized spacial score (nSPS) is 11.9. The van der Waals surface area contributed by atoms with E-state index in [9.17, 15) is 34.3 Å². The molecule has 0 bridgehead atoms. The molecule has 1 amide bonds. The van der Waals surface area contributed by atoms with E-state index < -0.39 is 42.4 Å². The number of carbonyl (C=O) groups is 3. The number of nitrogens with one attached hydrogen (secondary N) is 1. The summed E-state index contributed by atoms with van der Waals surface area (Å²) < 4.78 is 9.67. The van der Waals surface area contributed by atoms with Crippen molar-refractivity contribution in [1.82, 2.24) is 5.32 Å². The van der Waals surface area contributed by atoms with Crippen molar-refractivity contribution in [3.05, 3.63) is 75.3 Å². The first kappa shape index (κ1) is 25.9. The lowest BCUT2D eigenvalue weighted by atomic mass is 10.1. The molecule has 0 aliphatic heterocycles. The van der Waals surface area contributed by atoms with Crippen LogP contribution in [0.3, 0.4) is 0 Å². The lowest BCUT2D eigenvalue weighted by Crippen LogP contribution is -2.42. The molecule has 33 heavy (non-hydrogen) atoms. The van der Waals surface area contributed by atoms with Gasteiger partial charge in [-0.1, -0.05) is 36.4 Å². The van der Waals surface area contributed by atoms with Gasteiger partial charge in [0.1, 0.15) is 18.8 Å². The number of nitrogens with zero attached hydrogens (tertiary/aromatic N) is 1. The van der Waals surface area contributed by atoms with Crippen molar-refractivity contribution in [2.75, 3.05) is 13.3 Å². The molecule has 11 nitrogen and oxygen atoms in total. The smallest absolute Gasteiger partial charge is 0.408 e. The highest BCUT2D eigenvalue weighted by molar-refractivity contribution is 7.81. The third-order valence-electron chi connectivity index (χ3n) is 4.70. The Bertz CT molecular complexity index is 1030. The highest BCUT2D eigenvalue weighted by atomic mass is 31.2. The summed E-state index contributed by atoms with van der Waals surface area (Å²) in [5.41, 5.74) is -0.636. The maximum Gasteiger partial charge on any atom is 0.408 e. The van der Waals surface area contributed by atoms with E-state index in [1.54, 1.807) is 30.3 Å². The molecule has 2 aromatic carbocycles. The minimum absolute atomic E-state index is 0.0534. The molecular formula is C21H24N2O9P+. The molecule has 0 spiro atoms. The van der Waals surface area contributed by atoms with E-state index in [0.29, 0.717) is 5.56 Å². The Balaban J connectivity index is 2.04. The van der Waals surface area contributed by atoms with Gasteiger partial charge in [-0.25, -0.2) is 24.2 Å². The van der Waals surface area contributed by atoms with Crippen molar-refractivity contribution in [3.8, 4) is 0 Å². The standard InChI is InChI=1S/C21H23N2O9P/c1-14-8-9-16(12-18(14)23(27)28)20(25)33(29,30)11-10-17(19(24)31-2)22-21(26)32-13-15-6-4-3-5-7-15/h3-9,12,17,29-30H,10-11,13H2,1-2H3/p+1/t17-/m0/s1. The maximum absolute atomic E-state index is 12.6. The number of hydrogen-bond acceptors (Lipinski definition) is 9. The fraction of sp³-hybridized carbons (Fsp3) is 0.286. The number of methoxy groups -OCH3 is 1. The molecule has 176 valence electrons. The molecule has 0 heterocycles. The van der Waals surface area contributed by atoms with Crippen molar-refractivity contribution < 1.29 is 38.6 Å². The van der Waals surface area contributed by atoms with Gasteiger partial charge < -0.3 is 14.8 Å². The number of amides is 1. The van der Waals surface area contributed by atoms with Crippen LogP contribution in [0.25, 0.3) is 0 Å². The number of alkyl carbamates (subject to hydrolysis) is 1. The third-order valence-corrected chi connectivity index (χ3v) is 6.49. The number of benzene rings is 2. The minimum atomic E-state index is -4.29. The zero-order chi connectivity index (χ0) is 24.6. The number of aryl methyl sites for hydroxylation is 1. The van der Waals surface area contributed by atoms with Crippen molar-refractivity contribution in [2.24, 2.45) is 0 Å². The molecule has 12 heteroatoms. The number of hydrogen-bond donors (Lipinski definition) is 3. The fourth-order valence-corrected chi connectivity index (χ4v) is 4.23. The highest BCUT2D eigenvalue weighted by Gasteiger charge is 2.46. The Morgan fingerprint density at radius 2 is 1.82 bits per heavy atom. The van der Waals surface area contributed by atoms with E-state index in [0.717, 1.165) is 18.7 Å². The van der Waals surface area contributed by atoms with E-state index in [2.05, 4.69) is 10.1 Å². The summed E-state index contributed by atoms with van der Waals surface area (Å²) in [6.07, 6.45) is -1.84. The van der Waals surface area contributed by atoms with Crippen molar-refractivity contribution in [1.29, 1.82) is 0 Å². The molecular weight excluding hydrogens is 455 g/mol. The van der Waals surface area contributed by atoms with Crippen LogP contribution in [0, 0.1) is 17.0 Å². The van der Waals surface area contributed by atoms with Crippen LogP contribution in [0.2, 0.25) is 0 Å². The van der Waals surface area contributed by atoms with Gasteiger partial charge in [-0.2, -0.15) is 0 Å². The Morgan fingerprint density at radius 1 is 1.15 bits per heavy atom. The summed E-state index contributed by atoms with van der Waals surface area (Å²) in [7, 11) is -3.21. The van der Waals surface area contributed by atoms with Crippen LogP contribution in [0.5, 0.6) is 0 Å². The molecule has 0 aromatic heterocycles. The molecule has 0 aliphatic rings. The van der Waals surface area contributed by atoms with Gasteiger partial charge in [-0.3, -0.25) is 10.1 Å². The number of carbonyl (C=O) groups excluding carboxylic acids is 3. The van der Waals surface area contributed by atoms with Crippen LogP contribution >= 0.6 is 7.72 Å². The quantitative estimate of drug-likeness (QED) is 0.201. The largest absolute Gasteiger partial charge is 0.467 e. The van der Waals surface area contributed by atoms with Gasteiger partial charge in [0.2, 0.25) is 0 Å². The zero-order valence-corrected chi connectivity index (χ0v) is 18.9. The van der Waals surface area contributed by atoms with Crippen LogP contribution in [0.15, 0.2) is 48.5 Å². The number of esters is 1. The van der Waals surface area contributed by atoms with Crippen LogP contribution in [-0.2, 0) is 20.9 Å². The first-order valence-electron chi connectivity index (χ1n) is 9.73. The van der Waals surface area contributed by atoms with E-state index in [4.69, 9.17) is 4.74 Å². The van der Waals surface area contributed by atoms with Gasteiger partial charge in [0.25, 0.3) is 5.69 Å². The van der Waals surface area contributed by atoms with Crippen LogP contribution in [-0.4, -0.2) is 51.6 Å². The van der Waals surface area contributed by atoms with Crippen LogP contribution < -0.4 is 5.32 Å². The minimum Gasteiger partial charge on any atom is -0.467 e. The van der Waals surface area contributed by atoms with E-state index >= 15 is 0 Å². The summed E-state index contributed by atoms with van der Waals surface area (Å²) >= 11 is 0. The zero-order valence-electron chi connectivity index (χ0n) is 18.0. The Morgan fingerprint density at radius 3 is 2.42 bits per heavy atom. The van der Waals surface area contributed by atoms with Gasteiger partial charge in [-0.05, 0) is 18.6 Å². The number of nitro benzene ring substituents is 1. The van der Waals surface area contributed by atoms with E-state index in [-0.39, 0.29) is 24.3 Å². The van der Waals surface area contributed by atoms with Crippen molar-refractivity contribution >= 4 is 31.0 Å². The molecule has 0 saturated carbocycles. The summed E-state index contributed by atoms with van der Waals surface area (Å²) in [5, 5.41) is 13.4. The SMILES string of the molecule is COC(=O)[C@H](CC[P+](O)(O)C(=O)c1ccc(C)c([N+](=O)[O-])c1)NC(=O)OCc1ccccc1. The highest BCUT2D eigenvalue weighted by Crippen LogP contribution is 2.53. The van der Waals surface area contributed by atoms with Gasteiger partial charge in [-0.15, -0.1) is 0 Å². The molecule has 2 rings (SSSR count). The molecule has 0 aliphatic carbocycles. The summed E-state index contributed by atoms with van der Waals surface area (Å²) in [5.74, 6) is -0.870. The fourth-order valence-electron chi connectivity index (χ4n) is 2.85. The lowest BCUT2D eigenvalue weighted by molar-refractivity contribution is -0.385. The second-order valence-corrected chi connectivity index (χ2v) is 9.40. The Labute approximate surface area is 190 Å². The van der Waals surface area contributed by atoms with Gasteiger partial charge in [0.05, 0.1) is 17.6 Å². The molecule has 0 fully saturated rings. The van der Waals surface area contributed by atoms with Gasteiger partial charge in [0.15, 0.2) is 0 Å². The van der Waals surface area contributed by atoms with Gasteiger partial charge in [0, 0.05) is 18.1 Å². The van der Waals surface area contributed by atoms with E-state index in [1.807, 2.05) is 0 Å². The van der Waals surface area contributed by atoms with Crippen molar-refractivity contribution in [3.63, 3.8) is 0 Å². The summed E-state index contributed by atoms with van der Waals surface area (Å²) in [6.45, 7) is 1.43. The van der Waals surface area contributed by atoms with Gasteiger partial charge >= 0.3 is 25.3 Å². The summed E-state index contributed by atoms with van der Waals surface area (Å²) in [4.78, 5) is 67.9. The Hall–Kier alpha value is -3.40. The second kappa shape index (κ2) is 11.5. The molecule has 1 atom stereocenters. The first-order chi connectivity index (χ1) is 15.5. The molecule has 0 saturated heterocycles. The average molecular weight is 479 g/mol.